The molecule has 17 heavy (non-hydrogen) atoms. The van der Waals surface area contributed by atoms with Crippen LogP contribution in [0.25, 0.3) is 0 Å². The first-order valence-corrected chi connectivity index (χ1v) is 6.90. The maximum Gasteiger partial charge on any atom is 0.472 e. The van der Waals surface area contributed by atoms with Gasteiger partial charge in [0, 0.05) is 19.7 Å². The van der Waals surface area contributed by atoms with Crippen molar-refractivity contribution in [1.82, 2.24) is 0 Å². The lowest BCUT2D eigenvalue weighted by Crippen LogP contribution is -2.40. The van der Waals surface area contributed by atoms with Crippen molar-refractivity contribution in [2.45, 2.75) is 38.0 Å². The summed E-state index contributed by atoms with van der Waals surface area (Å²) in [5.41, 5.74) is -0.991. The van der Waals surface area contributed by atoms with Crippen LogP contribution in [0.2, 0.25) is 0 Å². The smallest absolute Gasteiger partial charge is 0.379 e. The molecule has 98 valence electrons. The average Bonchev–Trinajstić information content (AvgIpc) is 2.49. The minimum atomic E-state index is -4.08. The Balaban J connectivity index is 2.72. The van der Waals surface area contributed by atoms with E-state index in [0.717, 1.165) is 7.11 Å². The van der Waals surface area contributed by atoms with Crippen molar-refractivity contribution >= 4 is 15.7 Å². The summed E-state index contributed by atoms with van der Waals surface area (Å²) in [6.07, 6.45) is -0.188. The van der Waals surface area contributed by atoms with Gasteiger partial charge in [-0.25, -0.2) is 4.57 Å². The van der Waals surface area contributed by atoms with Crippen LogP contribution >= 0.6 is 7.82 Å². The molecule has 1 rings (SSSR count). The maximum absolute atomic E-state index is 11.4. The van der Waals surface area contributed by atoms with E-state index in [2.05, 4.69) is 4.52 Å². The van der Waals surface area contributed by atoms with Crippen LogP contribution in [0.5, 0.6) is 0 Å². The maximum atomic E-state index is 11.4. The Hall–Kier alpha value is 0.0949. The molecular weight excluding hydrogens is 246 g/mol. The van der Waals surface area contributed by atoms with E-state index >= 15 is 0 Å². The fraction of sp³-hybridized carbons (Fsp3) is 1.00. The second-order valence-corrected chi connectivity index (χ2v) is 5.57. The molecule has 1 fully saturated rings. The third-order valence-electron chi connectivity index (χ3n) is 2.65. The molecule has 0 aromatic heterocycles. The number of phosphoric ester groups is 1. The van der Waals surface area contributed by atoms with Crippen molar-refractivity contribution in [3.05, 3.63) is 0 Å². The molecule has 1 N–H and O–H groups in total. The molecule has 1 heterocycles. The Morgan fingerprint density at radius 1 is 1.65 bits per heavy atom. The molecule has 1 aliphatic heterocycles. The molecule has 0 spiro atoms. The van der Waals surface area contributed by atoms with Crippen LogP contribution in [0, 0.1) is 0 Å². The van der Waals surface area contributed by atoms with E-state index in [-0.39, 0.29) is 6.61 Å². The Morgan fingerprint density at radius 2 is 2.29 bits per heavy atom. The molecule has 4 atom stereocenters. The fourth-order valence-corrected chi connectivity index (χ4v) is 2.56. The van der Waals surface area contributed by atoms with Crippen molar-refractivity contribution in [2.75, 3.05) is 20.3 Å². The van der Waals surface area contributed by atoms with E-state index in [4.69, 9.17) is 21.8 Å². The first-order valence-electron chi connectivity index (χ1n) is 5.41. The first-order chi connectivity index (χ1) is 7.83. The van der Waals surface area contributed by atoms with Crippen LogP contribution < -0.4 is 0 Å². The topological polar surface area (TPSA) is 74.2 Å². The van der Waals surface area contributed by atoms with Gasteiger partial charge in [0.1, 0.15) is 19.6 Å². The van der Waals surface area contributed by atoms with Crippen LogP contribution in [-0.4, -0.2) is 50.8 Å². The molecule has 0 aromatic rings. The second-order valence-electron chi connectivity index (χ2n) is 4.08. The summed E-state index contributed by atoms with van der Waals surface area (Å²) in [6.45, 7) is 4.28. The van der Waals surface area contributed by atoms with Gasteiger partial charge in [-0.05, 0) is 20.3 Å². The summed E-state index contributed by atoms with van der Waals surface area (Å²) < 4.78 is 31.6. The minimum absolute atomic E-state index is 0.254. The van der Waals surface area contributed by atoms with E-state index in [1.54, 1.807) is 6.92 Å². The van der Waals surface area contributed by atoms with Crippen molar-refractivity contribution in [2.24, 2.45) is 0 Å². The average molecular weight is 264 g/mol. The predicted octanol–water partition coefficient (Wildman–Crippen LogP) is 0.828. The van der Waals surface area contributed by atoms with E-state index in [1.165, 1.54) is 0 Å². The molecule has 0 saturated carbocycles. The predicted molar refractivity (Wildman–Crippen MR) is 61.8 cm³/mol. The molecule has 0 amide bonds. The molecule has 0 aliphatic carbocycles. The molecule has 1 saturated heterocycles. The lowest BCUT2D eigenvalue weighted by Gasteiger charge is -2.30. The summed E-state index contributed by atoms with van der Waals surface area (Å²) in [6, 6.07) is -0.540. The zero-order valence-electron chi connectivity index (χ0n) is 10.3. The Morgan fingerprint density at radius 3 is 2.82 bits per heavy atom. The van der Waals surface area contributed by atoms with Crippen molar-refractivity contribution in [3.8, 4) is 0 Å². The number of hydrogen-bond acceptors (Lipinski definition) is 5. The van der Waals surface area contributed by atoms with Gasteiger partial charge in [-0.3, -0.25) is 9.05 Å². The minimum Gasteiger partial charge on any atom is -0.379 e. The van der Waals surface area contributed by atoms with E-state index in [0.29, 0.717) is 13.0 Å². The number of phosphoric acid groups is 1. The first kappa shape index (κ1) is 15.2. The molecule has 0 bridgehead atoms. The number of hydrogen-bond donors (Lipinski definition) is 1. The third-order valence-corrected chi connectivity index (χ3v) is 3.76. The van der Waals surface area contributed by atoms with Crippen molar-refractivity contribution < 1.29 is 28.0 Å². The van der Waals surface area contributed by atoms with E-state index in [9.17, 15) is 9.46 Å². The van der Waals surface area contributed by atoms with E-state index < -0.39 is 25.5 Å². The van der Waals surface area contributed by atoms with Gasteiger partial charge in [0.25, 0.3) is 0 Å². The zero-order chi connectivity index (χ0) is 13.1. The SMILES string of the molecule is [B][C@H]1C[C@](C)(OP(=O)(O)OC)[C@@H](COCC)O1. The lowest BCUT2D eigenvalue weighted by molar-refractivity contribution is -0.0679. The quantitative estimate of drug-likeness (QED) is 0.565. The molecule has 1 aliphatic rings. The van der Waals surface area contributed by atoms with Gasteiger partial charge in [-0.2, -0.15) is 0 Å². The highest BCUT2D eigenvalue weighted by molar-refractivity contribution is 7.47. The second kappa shape index (κ2) is 5.82. The van der Waals surface area contributed by atoms with Gasteiger partial charge in [-0.1, -0.05) is 0 Å². The van der Waals surface area contributed by atoms with E-state index in [1.807, 2.05) is 6.92 Å². The molecule has 1 unspecified atom stereocenters. The largest absolute Gasteiger partial charge is 0.472 e. The summed E-state index contributed by atoms with van der Waals surface area (Å²) in [4.78, 5) is 9.35. The molecular formula is C9H18BO6P. The van der Waals surface area contributed by atoms with Gasteiger partial charge in [0.05, 0.1) is 6.61 Å². The van der Waals surface area contributed by atoms with Crippen LogP contribution in [0.15, 0.2) is 0 Å². The summed E-state index contributed by atoms with van der Waals surface area (Å²) in [5, 5.41) is 0. The highest BCUT2D eigenvalue weighted by Crippen LogP contribution is 2.50. The number of ether oxygens (including phenoxy) is 2. The standard InChI is InChI=1S/C9H18BO6P/c1-4-14-6-7-9(2,5-8(10)15-7)16-17(11,12)13-3/h7-8H,4-6H2,1-3H3,(H,11,12)/t7-,8-,9+/m1/s1. The van der Waals surface area contributed by atoms with Gasteiger partial charge in [0.15, 0.2) is 0 Å². The van der Waals surface area contributed by atoms with Gasteiger partial charge in [-0.15, -0.1) is 0 Å². The third kappa shape index (κ3) is 4.05. The summed E-state index contributed by atoms with van der Waals surface area (Å²) >= 11 is 0. The Bertz CT molecular complexity index is 301. The van der Waals surface area contributed by atoms with Crippen molar-refractivity contribution in [3.63, 3.8) is 0 Å². The van der Waals surface area contributed by atoms with Gasteiger partial charge >= 0.3 is 7.82 Å². The van der Waals surface area contributed by atoms with Crippen LogP contribution in [0.1, 0.15) is 20.3 Å². The Kier molecular flexibility index (Phi) is 5.19. The highest BCUT2D eigenvalue weighted by atomic mass is 31.2. The zero-order valence-corrected chi connectivity index (χ0v) is 11.2. The summed E-state index contributed by atoms with van der Waals surface area (Å²) in [5.74, 6) is 0. The van der Waals surface area contributed by atoms with Gasteiger partial charge in [0.2, 0.25) is 0 Å². The monoisotopic (exact) mass is 264 g/mol. The highest BCUT2D eigenvalue weighted by Gasteiger charge is 2.48. The molecule has 2 radical (unpaired) electrons. The molecule has 0 aromatic carbocycles. The van der Waals surface area contributed by atoms with Gasteiger partial charge < -0.3 is 14.4 Å². The van der Waals surface area contributed by atoms with Crippen molar-refractivity contribution in [1.29, 1.82) is 0 Å². The lowest BCUT2D eigenvalue weighted by atomic mass is 9.89. The number of rotatable bonds is 6. The molecule has 6 nitrogen and oxygen atoms in total. The molecule has 8 heteroatoms. The Labute approximate surface area is 103 Å². The van der Waals surface area contributed by atoms with Crippen LogP contribution in [-0.2, 0) is 23.1 Å². The van der Waals surface area contributed by atoms with Crippen LogP contribution in [0.3, 0.4) is 0 Å². The fourth-order valence-electron chi connectivity index (χ4n) is 1.77. The normalized spacial score (nSPS) is 36.9. The summed E-state index contributed by atoms with van der Waals surface area (Å²) in [7, 11) is 2.70. The van der Waals surface area contributed by atoms with Crippen LogP contribution in [0.4, 0.5) is 0 Å².